The molecule has 1 aliphatic heterocycles. The molecule has 26 heavy (non-hydrogen) atoms. The topological polar surface area (TPSA) is 62.6 Å². The highest BCUT2D eigenvalue weighted by atomic mass is 79.9. The van der Waals surface area contributed by atoms with Gasteiger partial charge in [0.1, 0.15) is 0 Å². The molecule has 1 saturated heterocycles. The number of hydrogen-bond donors (Lipinski definition) is 1. The van der Waals surface area contributed by atoms with E-state index in [4.69, 9.17) is 4.42 Å². The molecule has 1 aromatic heterocycles. The molecule has 0 spiro atoms. The van der Waals surface area contributed by atoms with Crippen LogP contribution in [0.3, 0.4) is 0 Å². The van der Waals surface area contributed by atoms with Crippen LogP contribution in [0.5, 0.6) is 0 Å². The third-order valence-electron chi connectivity index (χ3n) is 4.73. The summed E-state index contributed by atoms with van der Waals surface area (Å²) < 4.78 is 5.81. The van der Waals surface area contributed by atoms with E-state index in [0.29, 0.717) is 29.9 Å². The van der Waals surface area contributed by atoms with E-state index >= 15 is 0 Å². The fourth-order valence-corrected chi connectivity index (χ4v) is 3.44. The molecule has 2 heterocycles. The monoisotopic (exact) mass is 418 g/mol. The fraction of sp³-hybridized carbons (Fsp3) is 0.400. The maximum Gasteiger partial charge on any atom is 0.287 e. The quantitative estimate of drug-likeness (QED) is 0.804. The van der Waals surface area contributed by atoms with Gasteiger partial charge in [0.25, 0.3) is 5.91 Å². The number of furan rings is 1. The Morgan fingerprint density at radius 1 is 1.15 bits per heavy atom. The summed E-state index contributed by atoms with van der Waals surface area (Å²) in [6.07, 6.45) is 2.83. The molecule has 0 aliphatic carbocycles. The first-order chi connectivity index (χ1) is 12.5. The summed E-state index contributed by atoms with van der Waals surface area (Å²) in [4.78, 5) is 26.4. The summed E-state index contributed by atoms with van der Waals surface area (Å²) in [5.74, 6) is 0.277. The molecule has 3 rings (SSSR count). The zero-order chi connectivity index (χ0) is 18.5. The number of piperidine rings is 1. The predicted octanol–water partition coefficient (Wildman–Crippen LogP) is 3.70. The molecule has 0 bridgehead atoms. The first-order valence-electron chi connectivity index (χ1n) is 8.91. The van der Waals surface area contributed by atoms with Crippen LogP contribution in [0.4, 0.5) is 0 Å². The van der Waals surface area contributed by atoms with Crippen LogP contribution in [0.25, 0.3) is 0 Å². The maximum atomic E-state index is 12.4. The fourth-order valence-electron chi connectivity index (χ4n) is 3.13. The Bertz CT molecular complexity index is 762. The number of nitrogens with one attached hydrogen (secondary N) is 1. The Balaban J connectivity index is 1.42. The lowest BCUT2D eigenvalue weighted by Gasteiger charge is -2.32. The van der Waals surface area contributed by atoms with Crippen LogP contribution in [-0.4, -0.2) is 35.8 Å². The number of nitrogens with zero attached hydrogens (tertiary/aromatic N) is 1. The first kappa shape index (κ1) is 18.7. The molecule has 1 aliphatic rings. The standard InChI is InChI=1S/C20H23BrN2O3/c1-14-2-4-15(5-3-14)6-9-19(24)23-12-10-16(11-13-23)22-20(25)17-7-8-18(21)26-17/h2-5,7-8,16H,6,9-13H2,1H3,(H,22,25). The van der Waals surface area contributed by atoms with Crippen molar-refractivity contribution in [2.45, 2.75) is 38.6 Å². The summed E-state index contributed by atoms with van der Waals surface area (Å²) in [6.45, 7) is 3.42. The highest BCUT2D eigenvalue weighted by Crippen LogP contribution is 2.16. The van der Waals surface area contributed by atoms with Crippen LogP contribution in [0, 0.1) is 6.92 Å². The SMILES string of the molecule is Cc1ccc(CCC(=O)N2CCC(NC(=O)c3ccc(Br)o3)CC2)cc1. The van der Waals surface area contributed by atoms with Crippen LogP contribution < -0.4 is 5.32 Å². The third kappa shape index (κ3) is 4.97. The molecule has 1 N–H and O–H groups in total. The predicted molar refractivity (Wildman–Crippen MR) is 103 cm³/mol. The van der Waals surface area contributed by atoms with E-state index in [1.165, 1.54) is 11.1 Å². The second-order valence-electron chi connectivity index (χ2n) is 6.72. The molecular formula is C20H23BrN2O3. The summed E-state index contributed by atoms with van der Waals surface area (Å²) in [6, 6.07) is 11.7. The number of halogens is 1. The third-order valence-corrected chi connectivity index (χ3v) is 5.15. The van der Waals surface area contributed by atoms with Crippen molar-refractivity contribution < 1.29 is 14.0 Å². The van der Waals surface area contributed by atoms with Gasteiger partial charge in [0.05, 0.1) is 0 Å². The Labute approximate surface area is 161 Å². The molecule has 0 unspecified atom stereocenters. The van der Waals surface area contributed by atoms with Crippen molar-refractivity contribution in [3.63, 3.8) is 0 Å². The number of carbonyl (C=O) groups is 2. The van der Waals surface area contributed by atoms with E-state index in [1.54, 1.807) is 12.1 Å². The van der Waals surface area contributed by atoms with Crippen LogP contribution in [0.15, 0.2) is 45.5 Å². The molecular weight excluding hydrogens is 396 g/mol. The molecule has 5 nitrogen and oxygen atoms in total. The second kappa shape index (κ2) is 8.54. The van der Waals surface area contributed by atoms with Gasteiger partial charge in [-0.15, -0.1) is 0 Å². The molecule has 6 heteroatoms. The van der Waals surface area contributed by atoms with Crippen molar-refractivity contribution in [2.75, 3.05) is 13.1 Å². The number of hydrogen-bond acceptors (Lipinski definition) is 3. The van der Waals surface area contributed by atoms with Gasteiger partial charge in [-0.25, -0.2) is 0 Å². The summed E-state index contributed by atoms with van der Waals surface area (Å²) >= 11 is 3.19. The number of benzene rings is 1. The number of aryl methyl sites for hydroxylation is 2. The smallest absolute Gasteiger partial charge is 0.287 e. The number of amides is 2. The summed E-state index contributed by atoms with van der Waals surface area (Å²) in [5, 5.41) is 2.98. The lowest BCUT2D eigenvalue weighted by molar-refractivity contribution is -0.132. The average Bonchev–Trinajstić information content (AvgIpc) is 3.08. The van der Waals surface area contributed by atoms with E-state index in [0.717, 1.165) is 19.3 Å². The molecule has 2 amide bonds. The van der Waals surface area contributed by atoms with E-state index in [-0.39, 0.29) is 17.9 Å². The van der Waals surface area contributed by atoms with Crippen molar-refractivity contribution in [1.82, 2.24) is 10.2 Å². The minimum Gasteiger partial charge on any atom is -0.444 e. The Morgan fingerprint density at radius 2 is 1.85 bits per heavy atom. The van der Waals surface area contributed by atoms with E-state index in [2.05, 4.69) is 52.4 Å². The summed E-state index contributed by atoms with van der Waals surface area (Å²) in [7, 11) is 0. The lowest BCUT2D eigenvalue weighted by atomic mass is 10.0. The second-order valence-corrected chi connectivity index (χ2v) is 7.50. The van der Waals surface area contributed by atoms with E-state index in [1.807, 2.05) is 4.90 Å². The Hall–Kier alpha value is -2.08. The molecule has 138 valence electrons. The molecule has 0 saturated carbocycles. The van der Waals surface area contributed by atoms with Gasteiger partial charge in [0.15, 0.2) is 10.4 Å². The van der Waals surface area contributed by atoms with Gasteiger partial charge < -0.3 is 14.6 Å². The number of carbonyl (C=O) groups excluding carboxylic acids is 2. The van der Waals surface area contributed by atoms with Crippen LogP contribution in [-0.2, 0) is 11.2 Å². The lowest BCUT2D eigenvalue weighted by Crippen LogP contribution is -2.46. The number of likely N-dealkylation sites (tertiary alicyclic amines) is 1. The van der Waals surface area contributed by atoms with Crippen LogP contribution in [0.2, 0.25) is 0 Å². The molecule has 2 aromatic rings. The molecule has 0 radical (unpaired) electrons. The van der Waals surface area contributed by atoms with E-state index in [9.17, 15) is 9.59 Å². The highest BCUT2D eigenvalue weighted by molar-refractivity contribution is 9.10. The van der Waals surface area contributed by atoms with Crippen molar-refractivity contribution in [3.05, 3.63) is 58.0 Å². The Kier molecular flexibility index (Phi) is 6.14. The normalized spacial score (nSPS) is 15.1. The van der Waals surface area contributed by atoms with Crippen molar-refractivity contribution in [1.29, 1.82) is 0 Å². The highest BCUT2D eigenvalue weighted by Gasteiger charge is 2.24. The van der Waals surface area contributed by atoms with Crippen molar-refractivity contribution in [2.24, 2.45) is 0 Å². The molecule has 1 aromatic carbocycles. The minimum atomic E-state index is -0.208. The van der Waals surface area contributed by atoms with Crippen molar-refractivity contribution in [3.8, 4) is 0 Å². The number of rotatable bonds is 5. The van der Waals surface area contributed by atoms with Gasteiger partial charge in [0, 0.05) is 25.6 Å². The molecule has 1 fully saturated rings. The van der Waals surface area contributed by atoms with Gasteiger partial charge in [-0.1, -0.05) is 29.8 Å². The van der Waals surface area contributed by atoms with Gasteiger partial charge >= 0.3 is 0 Å². The average molecular weight is 419 g/mol. The Morgan fingerprint density at radius 3 is 2.46 bits per heavy atom. The zero-order valence-corrected chi connectivity index (χ0v) is 16.4. The van der Waals surface area contributed by atoms with Gasteiger partial charge in [-0.2, -0.15) is 0 Å². The maximum absolute atomic E-state index is 12.4. The van der Waals surface area contributed by atoms with Crippen LogP contribution in [0.1, 0.15) is 40.9 Å². The van der Waals surface area contributed by atoms with Crippen molar-refractivity contribution >= 4 is 27.7 Å². The largest absolute Gasteiger partial charge is 0.444 e. The minimum absolute atomic E-state index is 0.0764. The first-order valence-corrected chi connectivity index (χ1v) is 9.70. The van der Waals surface area contributed by atoms with Gasteiger partial charge in [0.2, 0.25) is 5.91 Å². The zero-order valence-electron chi connectivity index (χ0n) is 14.8. The van der Waals surface area contributed by atoms with Gasteiger partial charge in [-0.05, 0) is 59.8 Å². The molecule has 0 atom stereocenters. The van der Waals surface area contributed by atoms with Gasteiger partial charge in [-0.3, -0.25) is 9.59 Å². The van der Waals surface area contributed by atoms with E-state index < -0.39 is 0 Å². The summed E-state index contributed by atoms with van der Waals surface area (Å²) in [5.41, 5.74) is 2.42. The van der Waals surface area contributed by atoms with Crippen LogP contribution >= 0.6 is 15.9 Å².